The van der Waals surface area contributed by atoms with Crippen LogP contribution in [0.3, 0.4) is 0 Å². The van der Waals surface area contributed by atoms with E-state index in [2.05, 4.69) is 5.32 Å². The van der Waals surface area contributed by atoms with Gasteiger partial charge in [0.25, 0.3) is 0 Å². The van der Waals surface area contributed by atoms with Crippen molar-refractivity contribution in [2.24, 2.45) is 7.05 Å². The van der Waals surface area contributed by atoms with Gasteiger partial charge in [-0.2, -0.15) is 0 Å². The molecule has 0 saturated heterocycles. The summed E-state index contributed by atoms with van der Waals surface area (Å²) in [5, 5.41) is 3.18. The van der Waals surface area contributed by atoms with E-state index in [0.29, 0.717) is 13.1 Å². The van der Waals surface area contributed by atoms with Crippen molar-refractivity contribution in [2.75, 3.05) is 26.8 Å². The first kappa shape index (κ1) is 13.7. The van der Waals surface area contributed by atoms with Crippen molar-refractivity contribution in [1.29, 1.82) is 0 Å². The molecule has 96 valence electrons. The Balaban J connectivity index is 2.40. The maximum Gasteiger partial charge on any atom is 0.316 e. The highest BCUT2D eigenvalue weighted by atomic mass is 16.5. The molecule has 1 heterocycles. The van der Waals surface area contributed by atoms with Gasteiger partial charge in [-0.3, -0.25) is 9.59 Å². The highest BCUT2D eigenvalue weighted by molar-refractivity contribution is 4.84. The number of aryl methyl sites for hydroxylation is 1. The van der Waals surface area contributed by atoms with E-state index in [1.807, 2.05) is 0 Å². The van der Waals surface area contributed by atoms with Gasteiger partial charge >= 0.3 is 11.1 Å². The smallest absolute Gasteiger partial charge is 0.316 e. The molecular weight excluding hydrogens is 222 g/mol. The van der Waals surface area contributed by atoms with Gasteiger partial charge in [0.05, 0.1) is 0 Å². The molecule has 0 atom stereocenters. The lowest BCUT2D eigenvalue weighted by atomic mass is 10.4. The minimum absolute atomic E-state index is 0.478. The Kier molecular flexibility index (Phi) is 5.65. The summed E-state index contributed by atoms with van der Waals surface area (Å²) in [6.07, 6.45) is 4.15. The zero-order valence-corrected chi connectivity index (χ0v) is 10.3. The van der Waals surface area contributed by atoms with Gasteiger partial charge in [0.15, 0.2) is 0 Å². The lowest BCUT2D eigenvalue weighted by molar-refractivity contribution is 0.194. The molecule has 0 aliphatic rings. The first-order valence-corrected chi connectivity index (χ1v) is 5.62. The predicted octanol–water partition coefficient (Wildman–Crippen LogP) is -0.827. The summed E-state index contributed by atoms with van der Waals surface area (Å²) in [4.78, 5) is 22.9. The molecule has 0 amide bonds. The molecule has 0 bridgehead atoms. The molecule has 1 aromatic heterocycles. The van der Waals surface area contributed by atoms with Crippen LogP contribution in [0.5, 0.6) is 0 Å². The van der Waals surface area contributed by atoms with Crippen LogP contribution in [0.1, 0.15) is 6.42 Å². The maximum atomic E-state index is 11.5. The Hall–Kier alpha value is -1.40. The minimum Gasteiger partial charge on any atom is -0.385 e. The third kappa shape index (κ3) is 4.16. The number of aromatic nitrogens is 2. The van der Waals surface area contributed by atoms with Gasteiger partial charge in [-0.05, 0) is 13.0 Å². The summed E-state index contributed by atoms with van der Waals surface area (Å²) in [6.45, 7) is 2.73. The summed E-state index contributed by atoms with van der Waals surface area (Å²) >= 11 is 0. The second-order valence-electron chi connectivity index (χ2n) is 3.81. The minimum atomic E-state index is -0.494. The molecule has 0 fully saturated rings. The average Bonchev–Trinajstić information content (AvgIpc) is 2.33. The van der Waals surface area contributed by atoms with Crippen molar-refractivity contribution in [2.45, 2.75) is 13.0 Å². The summed E-state index contributed by atoms with van der Waals surface area (Å²) < 4.78 is 7.62. The number of hydrogen-bond donors (Lipinski definition) is 1. The molecule has 0 aromatic carbocycles. The average molecular weight is 241 g/mol. The van der Waals surface area contributed by atoms with Gasteiger partial charge in [-0.1, -0.05) is 0 Å². The molecule has 1 N–H and O–H groups in total. The van der Waals surface area contributed by atoms with Crippen molar-refractivity contribution in [3.63, 3.8) is 0 Å². The van der Waals surface area contributed by atoms with Crippen molar-refractivity contribution >= 4 is 0 Å². The van der Waals surface area contributed by atoms with Crippen LogP contribution in [0.15, 0.2) is 22.0 Å². The molecule has 1 rings (SSSR count). The van der Waals surface area contributed by atoms with Crippen LogP contribution in [0.4, 0.5) is 0 Å². The molecule has 0 unspecified atom stereocenters. The van der Waals surface area contributed by atoms with Crippen molar-refractivity contribution in [3.8, 4) is 0 Å². The van der Waals surface area contributed by atoms with Crippen LogP contribution in [0.25, 0.3) is 0 Å². The van der Waals surface area contributed by atoms with Crippen molar-refractivity contribution in [3.05, 3.63) is 33.1 Å². The fourth-order valence-corrected chi connectivity index (χ4v) is 1.43. The summed E-state index contributed by atoms with van der Waals surface area (Å²) in [6, 6.07) is 0. The maximum absolute atomic E-state index is 11.5. The van der Waals surface area contributed by atoms with E-state index in [9.17, 15) is 9.59 Å². The Bertz CT molecular complexity index is 450. The van der Waals surface area contributed by atoms with E-state index < -0.39 is 11.1 Å². The van der Waals surface area contributed by atoms with Crippen LogP contribution in [0, 0.1) is 0 Å². The molecule has 6 nitrogen and oxygen atoms in total. The fourth-order valence-electron chi connectivity index (χ4n) is 1.43. The van der Waals surface area contributed by atoms with E-state index in [4.69, 9.17) is 4.74 Å². The fraction of sp³-hybridized carbons (Fsp3) is 0.636. The number of nitrogens with zero attached hydrogens (tertiary/aromatic N) is 2. The second kappa shape index (κ2) is 7.03. The van der Waals surface area contributed by atoms with Gasteiger partial charge in [0, 0.05) is 46.2 Å². The zero-order valence-electron chi connectivity index (χ0n) is 10.3. The Morgan fingerprint density at radius 2 is 2.00 bits per heavy atom. The molecular formula is C11H19N3O3. The Labute approximate surface area is 99.8 Å². The summed E-state index contributed by atoms with van der Waals surface area (Å²) in [7, 11) is 3.23. The normalized spacial score (nSPS) is 10.7. The van der Waals surface area contributed by atoms with Crippen LogP contribution < -0.4 is 16.4 Å². The molecule has 6 heteroatoms. The quantitative estimate of drug-likeness (QED) is 0.500. The Morgan fingerprint density at radius 3 is 2.71 bits per heavy atom. The SMILES string of the molecule is COCCCNCCn1ccn(C)c(=O)c1=O. The third-order valence-electron chi connectivity index (χ3n) is 2.47. The van der Waals surface area contributed by atoms with Gasteiger partial charge in [0.1, 0.15) is 0 Å². The molecule has 0 spiro atoms. The van der Waals surface area contributed by atoms with Crippen molar-refractivity contribution in [1.82, 2.24) is 14.5 Å². The molecule has 1 aromatic rings. The van der Waals surface area contributed by atoms with E-state index in [-0.39, 0.29) is 0 Å². The summed E-state index contributed by atoms with van der Waals surface area (Å²) in [5.41, 5.74) is -0.972. The Morgan fingerprint density at radius 1 is 1.24 bits per heavy atom. The van der Waals surface area contributed by atoms with Crippen LogP contribution in [0.2, 0.25) is 0 Å². The van der Waals surface area contributed by atoms with Gasteiger partial charge in [-0.25, -0.2) is 0 Å². The first-order valence-electron chi connectivity index (χ1n) is 5.62. The highest BCUT2D eigenvalue weighted by Crippen LogP contribution is 1.80. The van der Waals surface area contributed by atoms with E-state index in [1.54, 1.807) is 26.6 Å². The molecule has 0 saturated carbocycles. The topological polar surface area (TPSA) is 65.3 Å². The number of hydrogen-bond acceptors (Lipinski definition) is 4. The van der Waals surface area contributed by atoms with Crippen LogP contribution in [-0.2, 0) is 18.3 Å². The van der Waals surface area contributed by atoms with E-state index in [1.165, 1.54) is 9.13 Å². The lowest BCUT2D eigenvalue weighted by Gasteiger charge is -2.07. The standard InChI is InChI=1S/C11H19N3O3/c1-13-7-8-14(11(16)10(13)15)6-5-12-4-3-9-17-2/h7-8,12H,3-6,9H2,1-2H3. The third-order valence-corrected chi connectivity index (χ3v) is 2.47. The van der Waals surface area contributed by atoms with E-state index in [0.717, 1.165) is 19.6 Å². The lowest BCUT2D eigenvalue weighted by Crippen LogP contribution is -2.40. The van der Waals surface area contributed by atoms with E-state index >= 15 is 0 Å². The van der Waals surface area contributed by atoms with Gasteiger partial charge in [-0.15, -0.1) is 0 Å². The predicted molar refractivity (Wildman–Crippen MR) is 65.3 cm³/mol. The molecule has 0 aliphatic heterocycles. The number of nitrogens with one attached hydrogen (secondary N) is 1. The molecule has 17 heavy (non-hydrogen) atoms. The largest absolute Gasteiger partial charge is 0.385 e. The second-order valence-corrected chi connectivity index (χ2v) is 3.81. The van der Waals surface area contributed by atoms with Crippen molar-refractivity contribution < 1.29 is 4.74 Å². The summed E-state index contributed by atoms with van der Waals surface area (Å²) in [5.74, 6) is 0. The monoisotopic (exact) mass is 241 g/mol. The van der Waals surface area contributed by atoms with Crippen LogP contribution >= 0.6 is 0 Å². The number of ether oxygens (including phenoxy) is 1. The molecule has 0 radical (unpaired) electrons. The zero-order chi connectivity index (χ0) is 12.7. The number of rotatable bonds is 7. The van der Waals surface area contributed by atoms with Gasteiger partial charge in [0.2, 0.25) is 0 Å². The highest BCUT2D eigenvalue weighted by Gasteiger charge is 2.01. The molecule has 0 aliphatic carbocycles. The first-order chi connectivity index (χ1) is 8.16. The van der Waals surface area contributed by atoms with Crippen LogP contribution in [-0.4, -0.2) is 35.9 Å². The van der Waals surface area contributed by atoms with Gasteiger partial charge < -0.3 is 19.2 Å². The number of methoxy groups -OCH3 is 1.